The summed E-state index contributed by atoms with van der Waals surface area (Å²) in [6.07, 6.45) is 5.61. The van der Waals surface area contributed by atoms with Gasteiger partial charge in [0.2, 0.25) is 0 Å². The SMILES string of the molecule is CN1CCN(Cc2ccc(-c3ccc(COC4CCCC4)cc3)cc2)CC1. The molecule has 2 aliphatic rings. The topological polar surface area (TPSA) is 15.7 Å². The molecule has 0 bridgehead atoms. The molecule has 0 aromatic heterocycles. The molecule has 2 aromatic carbocycles. The van der Waals surface area contributed by atoms with E-state index < -0.39 is 0 Å². The Balaban J connectivity index is 1.31. The normalized spacial score (nSPS) is 19.6. The van der Waals surface area contributed by atoms with Crippen molar-refractivity contribution in [1.29, 1.82) is 0 Å². The van der Waals surface area contributed by atoms with Gasteiger partial charge in [-0.3, -0.25) is 4.90 Å². The molecule has 1 aliphatic carbocycles. The second kappa shape index (κ2) is 9.01. The Kier molecular flexibility index (Phi) is 6.23. The molecule has 0 radical (unpaired) electrons. The van der Waals surface area contributed by atoms with E-state index in [0.29, 0.717) is 6.10 Å². The van der Waals surface area contributed by atoms with Crippen molar-refractivity contribution in [3.63, 3.8) is 0 Å². The molecule has 0 atom stereocenters. The molecule has 3 heteroatoms. The first-order chi connectivity index (χ1) is 13.3. The zero-order valence-electron chi connectivity index (χ0n) is 16.6. The Morgan fingerprint density at radius 3 is 1.93 bits per heavy atom. The molecule has 3 nitrogen and oxygen atoms in total. The average molecular weight is 365 g/mol. The average Bonchev–Trinajstić information content (AvgIpc) is 3.23. The number of nitrogens with zero attached hydrogens (tertiary/aromatic N) is 2. The lowest BCUT2D eigenvalue weighted by atomic mass is 10.0. The van der Waals surface area contributed by atoms with Crippen LogP contribution in [-0.2, 0) is 17.9 Å². The molecule has 0 amide bonds. The van der Waals surface area contributed by atoms with Crippen molar-refractivity contribution in [2.75, 3.05) is 33.2 Å². The Morgan fingerprint density at radius 1 is 0.778 bits per heavy atom. The van der Waals surface area contributed by atoms with Gasteiger partial charge in [-0.25, -0.2) is 0 Å². The number of hydrogen-bond donors (Lipinski definition) is 0. The van der Waals surface area contributed by atoms with Crippen LogP contribution in [0.1, 0.15) is 36.8 Å². The van der Waals surface area contributed by atoms with Gasteiger partial charge in [0.15, 0.2) is 0 Å². The fourth-order valence-electron chi connectivity index (χ4n) is 4.13. The standard InChI is InChI=1S/C24H32N2O/c1-25-14-16-26(17-15-25)18-20-6-10-22(11-7-20)23-12-8-21(9-13-23)19-27-24-4-2-3-5-24/h6-13,24H,2-5,14-19H2,1H3. The summed E-state index contributed by atoms with van der Waals surface area (Å²) in [5.74, 6) is 0. The first kappa shape index (κ1) is 18.7. The highest BCUT2D eigenvalue weighted by atomic mass is 16.5. The molecule has 27 heavy (non-hydrogen) atoms. The van der Waals surface area contributed by atoms with Crippen LogP contribution in [-0.4, -0.2) is 49.1 Å². The maximum absolute atomic E-state index is 6.02. The molecule has 0 N–H and O–H groups in total. The van der Waals surface area contributed by atoms with E-state index in [0.717, 1.165) is 13.2 Å². The molecule has 2 aromatic rings. The summed E-state index contributed by atoms with van der Waals surface area (Å²) in [4.78, 5) is 4.95. The van der Waals surface area contributed by atoms with Crippen molar-refractivity contribution in [3.8, 4) is 11.1 Å². The highest BCUT2D eigenvalue weighted by Gasteiger charge is 2.15. The monoisotopic (exact) mass is 364 g/mol. The Labute approximate surface area is 163 Å². The summed E-state index contributed by atoms with van der Waals surface area (Å²) >= 11 is 0. The minimum Gasteiger partial charge on any atom is -0.374 e. The molecule has 144 valence electrons. The van der Waals surface area contributed by atoms with Crippen LogP contribution < -0.4 is 0 Å². The lowest BCUT2D eigenvalue weighted by molar-refractivity contribution is 0.0457. The van der Waals surface area contributed by atoms with Gasteiger partial charge in [-0.2, -0.15) is 0 Å². The predicted molar refractivity (Wildman–Crippen MR) is 112 cm³/mol. The van der Waals surface area contributed by atoms with E-state index >= 15 is 0 Å². The fourth-order valence-corrected chi connectivity index (χ4v) is 4.13. The zero-order valence-corrected chi connectivity index (χ0v) is 16.6. The van der Waals surface area contributed by atoms with Gasteiger partial charge in [0.1, 0.15) is 0 Å². The number of piperazine rings is 1. The van der Waals surface area contributed by atoms with Crippen LogP contribution in [0.2, 0.25) is 0 Å². The summed E-state index contributed by atoms with van der Waals surface area (Å²) in [5.41, 5.74) is 5.26. The van der Waals surface area contributed by atoms with Gasteiger partial charge in [-0.05, 0) is 42.1 Å². The molecule has 0 spiro atoms. The third kappa shape index (κ3) is 5.19. The van der Waals surface area contributed by atoms with E-state index in [9.17, 15) is 0 Å². The van der Waals surface area contributed by atoms with E-state index in [2.05, 4.69) is 65.4 Å². The maximum Gasteiger partial charge on any atom is 0.0720 e. The Bertz CT molecular complexity index is 696. The van der Waals surface area contributed by atoms with Crippen LogP contribution in [0.4, 0.5) is 0 Å². The highest BCUT2D eigenvalue weighted by Crippen LogP contribution is 2.24. The van der Waals surface area contributed by atoms with E-state index in [4.69, 9.17) is 4.74 Å². The summed E-state index contributed by atoms with van der Waals surface area (Å²) in [7, 11) is 2.21. The molecule has 1 heterocycles. The smallest absolute Gasteiger partial charge is 0.0720 e. The molecule has 4 rings (SSSR count). The third-order valence-corrected chi connectivity index (χ3v) is 6.03. The second-order valence-corrected chi connectivity index (χ2v) is 8.19. The number of likely N-dealkylation sites (N-methyl/N-ethyl adjacent to an activating group) is 1. The van der Waals surface area contributed by atoms with Gasteiger partial charge in [-0.1, -0.05) is 61.4 Å². The van der Waals surface area contributed by atoms with Crippen LogP contribution in [0.15, 0.2) is 48.5 Å². The molecular formula is C24H32N2O. The first-order valence-corrected chi connectivity index (χ1v) is 10.5. The quantitative estimate of drug-likeness (QED) is 0.747. The molecule has 1 saturated heterocycles. The maximum atomic E-state index is 6.02. The van der Waals surface area contributed by atoms with Gasteiger partial charge >= 0.3 is 0 Å². The molecule has 1 aliphatic heterocycles. The van der Waals surface area contributed by atoms with Crippen LogP contribution >= 0.6 is 0 Å². The summed E-state index contributed by atoms with van der Waals surface area (Å²) < 4.78 is 6.02. The Hall–Kier alpha value is -1.68. The highest BCUT2D eigenvalue weighted by molar-refractivity contribution is 5.63. The van der Waals surface area contributed by atoms with Gasteiger partial charge in [0.05, 0.1) is 12.7 Å². The number of benzene rings is 2. The lowest BCUT2D eigenvalue weighted by Crippen LogP contribution is -2.43. The summed E-state index contributed by atoms with van der Waals surface area (Å²) in [6, 6.07) is 18.0. The summed E-state index contributed by atoms with van der Waals surface area (Å²) in [5, 5.41) is 0. The summed E-state index contributed by atoms with van der Waals surface area (Å²) in [6.45, 7) is 6.50. The van der Waals surface area contributed by atoms with Crippen LogP contribution in [0.25, 0.3) is 11.1 Å². The van der Waals surface area contributed by atoms with Gasteiger partial charge < -0.3 is 9.64 Å². The van der Waals surface area contributed by atoms with E-state index in [1.807, 2.05) is 0 Å². The van der Waals surface area contributed by atoms with E-state index in [1.165, 1.54) is 74.1 Å². The van der Waals surface area contributed by atoms with Crippen LogP contribution in [0.3, 0.4) is 0 Å². The van der Waals surface area contributed by atoms with E-state index in [1.54, 1.807) is 0 Å². The van der Waals surface area contributed by atoms with Crippen molar-refractivity contribution in [1.82, 2.24) is 9.80 Å². The molecule has 2 fully saturated rings. The van der Waals surface area contributed by atoms with Crippen molar-refractivity contribution in [2.45, 2.75) is 44.9 Å². The van der Waals surface area contributed by atoms with Gasteiger partial charge in [-0.15, -0.1) is 0 Å². The van der Waals surface area contributed by atoms with Crippen molar-refractivity contribution in [3.05, 3.63) is 59.7 Å². The molecule has 0 unspecified atom stereocenters. The van der Waals surface area contributed by atoms with E-state index in [-0.39, 0.29) is 0 Å². The Morgan fingerprint density at radius 2 is 1.33 bits per heavy atom. The third-order valence-electron chi connectivity index (χ3n) is 6.03. The zero-order chi connectivity index (χ0) is 18.5. The second-order valence-electron chi connectivity index (χ2n) is 8.19. The largest absolute Gasteiger partial charge is 0.374 e. The fraction of sp³-hybridized carbons (Fsp3) is 0.500. The van der Waals surface area contributed by atoms with Crippen molar-refractivity contribution in [2.24, 2.45) is 0 Å². The van der Waals surface area contributed by atoms with Crippen molar-refractivity contribution >= 4 is 0 Å². The number of hydrogen-bond acceptors (Lipinski definition) is 3. The molecule has 1 saturated carbocycles. The van der Waals surface area contributed by atoms with Crippen LogP contribution in [0, 0.1) is 0 Å². The lowest BCUT2D eigenvalue weighted by Gasteiger charge is -2.32. The first-order valence-electron chi connectivity index (χ1n) is 10.5. The van der Waals surface area contributed by atoms with Crippen molar-refractivity contribution < 1.29 is 4.74 Å². The van der Waals surface area contributed by atoms with Crippen LogP contribution in [0.5, 0.6) is 0 Å². The number of rotatable bonds is 6. The predicted octanol–water partition coefficient (Wildman–Crippen LogP) is 4.56. The number of ether oxygens (including phenoxy) is 1. The van der Waals surface area contributed by atoms with Gasteiger partial charge in [0, 0.05) is 32.7 Å². The van der Waals surface area contributed by atoms with Gasteiger partial charge in [0.25, 0.3) is 0 Å². The molecular weight excluding hydrogens is 332 g/mol. The minimum absolute atomic E-state index is 0.484. The minimum atomic E-state index is 0.484.